The first-order chi connectivity index (χ1) is 24.3. The molecule has 0 aliphatic carbocycles. The van der Waals surface area contributed by atoms with E-state index in [9.17, 15) is 71.7 Å². The van der Waals surface area contributed by atoms with Crippen LogP contribution in [0.15, 0.2) is 107 Å². The molecule has 284 valence electrons. The predicted octanol–water partition coefficient (Wildman–Crippen LogP) is -14.2. The summed E-state index contributed by atoms with van der Waals surface area (Å²) in [6, 6.07) is 3.04. The predicted molar refractivity (Wildman–Crippen MR) is 174 cm³/mol. The number of aliphatic hydroxyl groups excluding tert-OH is 1. The molecule has 0 radical (unpaired) electrons. The number of benzene rings is 2. The molecule has 2 aromatic carbocycles. The minimum atomic E-state index is -5.30. The minimum absolute atomic E-state index is 0. The van der Waals surface area contributed by atoms with Gasteiger partial charge >= 0.3 is 118 Å². The van der Waals surface area contributed by atoms with Gasteiger partial charge in [-0.15, -0.1) is 0 Å². The average Bonchev–Trinajstić information content (AvgIpc) is 3.48. The summed E-state index contributed by atoms with van der Waals surface area (Å²) < 4.78 is 137. The molecule has 30 heteroatoms. The first kappa shape index (κ1) is 55.8. The second-order valence-corrected chi connectivity index (χ2v) is 16.1. The maximum Gasteiger partial charge on any atom is 1.00 e. The van der Waals surface area contributed by atoms with Gasteiger partial charge < -0.3 is 29.2 Å². The van der Waals surface area contributed by atoms with E-state index >= 15 is 0 Å². The number of allylic oxidation sites excluding steroid dienone is 4. The zero-order valence-corrected chi connectivity index (χ0v) is 41.8. The second-order valence-electron chi connectivity index (χ2n) is 10.6. The van der Waals surface area contributed by atoms with Crippen molar-refractivity contribution in [2.45, 2.75) is 25.8 Å². The van der Waals surface area contributed by atoms with E-state index < -0.39 is 118 Å². The largest absolute Gasteiger partial charge is 1.00 e. The maximum atomic E-state index is 13.1. The van der Waals surface area contributed by atoms with Gasteiger partial charge in [-0.25, -0.2) is 30.3 Å². The molecule has 0 bridgehead atoms. The Hall–Kier alpha value is -1.19. The smallest absolute Gasteiger partial charge is 0.857 e. The van der Waals surface area contributed by atoms with E-state index in [4.69, 9.17) is 0 Å². The number of aliphatic imine (C=N–C) groups is 1. The number of nitrogens with zero attached hydrogens (tertiary/aromatic N) is 5. The third-order valence-electron chi connectivity index (χ3n) is 7.03. The zero-order chi connectivity index (χ0) is 39.8. The van der Waals surface area contributed by atoms with Crippen molar-refractivity contribution >= 4 is 81.0 Å². The Bertz CT molecular complexity index is 2560. The fraction of sp³-hybridized carbons (Fsp3) is 0.148. The summed E-state index contributed by atoms with van der Waals surface area (Å²) >= 11 is 0. The molecule has 2 aromatic rings. The van der Waals surface area contributed by atoms with E-state index in [0.717, 1.165) is 18.1 Å². The van der Waals surface area contributed by atoms with Gasteiger partial charge in [0.15, 0.2) is 6.23 Å². The number of aliphatic hydroxyl groups is 1. The van der Waals surface area contributed by atoms with Crippen LogP contribution in [0.2, 0.25) is 0 Å². The van der Waals surface area contributed by atoms with Crippen LogP contribution >= 0.6 is 0 Å². The summed E-state index contributed by atoms with van der Waals surface area (Å²) in [5.74, 6) is -4.73. The molecule has 2 heterocycles. The number of hydrogen-bond donors (Lipinski definition) is 3. The number of hydrogen-bond acceptors (Lipinski definition) is 19. The summed E-state index contributed by atoms with van der Waals surface area (Å²) in [7, 11) is -18.3. The number of carbonyl (C=O) groups is 2. The Balaban J connectivity index is 0.00000784. The Morgan fingerprint density at radius 1 is 0.825 bits per heavy atom. The third kappa shape index (κ3) is 13.9. The molecule has 2 amide bonds. The third-order valence-corrected chi connectivity index (χ3v) is 10.5. The molecular weight excluding hydrogens is 885 g/mol. The van der Waals surface area contributed by atoms with Crippen molar-refractivity contribution < 1.29 is 190 Å². The van der Waals surface area contributed by atoms with Crippen LogP contribution in [0.4, 0.5) is 11.4 Å². The molecule has 0 fully saturated rings. The van der Waals surface area contributed by atoms with Crippen molar-refractivity contribution in [1.29, 1.82) is 0 Å². The molecule has 22 nitrogen and oxygen atoms in total. The van der Waals surface area contributed by atoms with Crippen molar-refractivity contribution in [2.24, 2.45) is 21.1 Å². The minimum Gasteiger partial charge on any atom is -0.857 e. The molecule has 0 saturated heterocycles. The fourth-order valence-electron chi connectivity index (χ4n) is 4.58. The van der Waals surface area contributed by atoms with Gasteiger partial charge in [0.1, 0.15) is 46.7 Å². The maximum absolute atomic E-state index is 13.1. The molecule has 2 atom stereocenters. The molecule has 3 N–H and O–H groups in total. The van der Waals surface area contributed by atoms with Gasteiger partial charge in [-0.1, -0.05) is 24.3 Å². The molecule has 0 saturated carbocycles. The van der Waals surface area contributed by atoms with Crippen LogP contribution in [0.5, 0.6) is 0 Å². The van der Waals surface area contributed by atoms with Crippen molar-refractivity contribution in [3.8, 4) is 0 Å². The number of likely N-dealkylation sites (N-methyl/N-ethyl adjacent to an activating group) is 1. The quantitative estimate of drug-likeness (QED) is 0.0471. The Labute approximate surface area is 414 Å². The van der Waals surface area contributed by atoms with Crippen LogP contribution in [-0.2, 0) is 50.1 Å². The summed E-state index contributed by atoms with van der Waals surface area (Å²) in [4.78, 5) is 25.2. The number of rotatable bonds is 11. The van der Waals surface area contributed by atoms with Gasteiger partial charge in [0.25, 0.3) is 21.9 Å². The molecule has 0 spiro atoms. The summed E-state index contributed by atoms with van der Waals surface area (Å²) in [6.45, 7) is 0. The Morgan fingerprint density at radius 2 is 1.37 bits per heavy atom. The van der Waals surface area contributed by atoms with Crippen LogP contribution in [0.3, 0.4) is 0 Å². The van der Waals surface area contributed by atoms with Gasteiger partial charge in [-0.05, 0) is 42.5 Å². The normalized spacial score (nSPS) is 18.4. The molecule has 0 aromatic heterocycles. The summed E-state index contributed by atoms with van der Waals surface area (Å²) in [6.07, 6.45) is 4.37. The van der Waals surface area contributed by atoms with Gasteiger partial charge in [0.05, 0.1) is 37.6 Å². The van der Waals surface area contributed by atoms with E-state index in [1.165, 1.54) is 31.4 Å². The van der Waals surface area contributed by atoms with E-state index in [1.807, 2.05) is 5.32 Å². The summed E-state index contributed by atoms with van der Waals surface area (Å²) in [5, 5.41) is 34.8. The van der Waals surface area contributed by atoms with Gasteiger partial charge in [-0.2, -0.15) is 18.6 Å². The SMILES string of the molecule is CN1N=C(C([O-])=Nc2cc(S(=O)(=O)[O-])ccc2S(=O)(=O)O)C(=CC=CC=CC2C(C(=O)Nc3cc(S(=O)(=O)[O-])ccc3S(=O)(=O)[O-])=NN(C)C2O)C1=O.[Na+].[Na+].[Na+].[Na+]. The second kappa shape index (κ2) is 21.6. The van der Waals surface area contributed by atoms with E-state index in [1.54, 1.807) is 0 Å². The van der Waals surface area contributed by atoms with Crippen molar-refractivity contribution in [3.05, 3.63) is 72.4 Å². The number of anilines is 1. The molecule has 57 heavy (non-hydrogen) atoms. The van der Waals surface area contributed by atoms with Crippen LogP contribution in [0.25, 0.3) is 0 Å². The van der Waals surface area contributed by atoms with Crippen molar-refractivity contribution in [1.82, 2.24) is 10.0 Å². The molecule has 4 rings (SSSR count). The first-order valence-corrected chi connectivity index (χ1v) is 19.6. The number of nitrogens with one attached hydrogen (secondary N) is 1. The molecule has 2 unspecified atom stereocenters. The fourth-order valence-corrected chi connectivity index (χ4v) is 6.79. The first-order valence-electron chi connectivity index (χ1n) is 13.9. The van der Waals surface area contributed by atoms with E-state index in [-0.39, 0.29) is 118 Å². The van der Waals surface area contributed by atoms with Gasteiger partial charge in [-0.3, -0.25) is 24.1 Å². The van der Waals surface area contributed by atoms with E-state index in [2.05, 4.69) is 15.2 Å². The summed E-state index contributed by atoms with van der Waals surface area (Å²) in [5.41, 5.74) is -3.37. The molecular formula is C27H22N6Na4O16S4. The standard InChI is InChI=1S/C27H26N6O16S4.4Na/c1-32-26(36)16(22(30-32)24(34)28-18-12-14(50(38,39)40)8-10-20(18)52(44,45)46)6-4-3-5-7-17-23(31-33(2)27(17)37)25(35)29-19-13-15(51(41,42)43)9-11-21(19)53(47,48)49;;;;/h3-13,16,26,36H,1-2H3,(H,28,34)(H,29,35)(H,38,39,40)(H,41,42,43)(H,44,45,46)(H,47,48,49);;;;/q;4*+1/p-4. The van der Waals surface area contributed by atoms with Crippen molar-refractivity contribution in [2.75, 3.05) is 19.4 Å². The van der Waals surface area contributed by atoms with Crippen LogP contribution in [-0.4, -0.2) is 116 Å². The molecule has 2 aliphatic rings. The van der Waals surface area contributed by atoms with Crippen LogP contribution in [0, 0.1) is 5.92 Å². The van der Waals surface area contributed by atoms with E-state index in [0.29, 0.717) is 41.4 Å². The van der Waals surface area contributed by atoms with Crippen LogP contribution in [0.1, 0.15) is 0 Å². The Kier molecular flexibility index (Phi) is 21.1. The van der Waals surface area contributed by atoms with Crippen molar-refractivity contribution in [3.63, 3.8) is 0 Å². The number of amides is 2. The number of carbonyl (C=O) groups excluding carboxylic acids is 2. The van der Waals surface area contributed by atoms with Gasteiger partial charge in [0, 0.05) is 20.0 Å². The molecule has 2 aliphatic heterocycles. The Morgan fingerprint density at radius 3 is 1.89 bits per heavy atom. The van der Waals surface area contributed by atoms with Gasteiger partial charge in [0.2, 0.25) is 0 Å². The zero-order valence-electron chi connectivity index (χ0n) is 30.5. The average molecular weight is 907 g/mol. The topological polar surface area (TPSA) is 359 Å². The van der Waals surface area contributed by atoms with Crippen LogP contribution < -0.4 is 129 Å². The number of hydrazone groups is 2. The monoisotopic (exact) mass is 906 g/mol.